The minimum Gasteiger partial charge on any atom is -0.488 e. The van der Waals surface area contributed by atoms with Crippen LogP contribution in [0.2, 0.25) is 0 Å². The van der Waals surface area contributed by atoms with Crippen LogP contribution in [0.3, 0.4) is 0 Å². The second-order valence-electron chi connectivity index (χ2n) is 12.1. The average molecular weight is 602 g/mol. The van der Waals surface area contributed by atoms with Crippen LogP contribution in [-0.2, 0) is 6.61 Å². The van der Waals surface area contributed by atoms with E-state index in [1.165, 1.54) is 54.9 Å². The van der Waals surface area contributed by atoms with E-state index in [0.29, 0.717) is 6.61 Å². The van der Waals surface area contributed by atoms with Gasteiger partial charge in [-0.15, -0.1) is 0 Å². The van der Waals surface area contributed by atoms with Crippen LogP contribution in [0.25, 0.3) is 54.9 Å². The quantitative estimate of drug-likeness (QED) is 0.182. The van der Waals surface area contributed by atoms with E-state index in [2.05, 4.69) is 181 Å². The van der Waals surface area contributed by atoms with Gasteiger partial charge in [0.1, 0.15) is 12.4 Å². The molecule has 9 rings (SSSR count). The summed E-state index contributed by atoms with van der Waals surface area (Å²) in [5.74, 6) is 0.909. The maximum absolute atomic E-state index is 6.32. The second kappa shape index (κ2) is 11.3. The second-order valence-corrected chi connectivity index (χ2v) is 12.1. The molecule has 0 atom stereocenters. The predicted octanol–water partition coefficient (Wildman–Crippen LogP) is 12.4. The normalized spacial score (nSPS) is 11.9. The molecule has 0 aromatic heterocycles. The van der Waals surface area contributed by atoms with Gasteiger partial charge in [-0.3, -0.25) is 0 Å². The van der Waals surface area contributed by atoms with E-state index in [-0.39, 0.29) is 0 Å². The van der Waals surface area contributed by atoms with Crippen molar-refractivity contribution in [2.45, 2.75) is 6.61 Å². The molecule has 1 heterocycles. The molecule has 1 aliphatic heterocycles. The summed E-state index contributed by atoms with van der Waals surface area (Å²) in [5, 5.41) is 5.07. The van der Waals surface area contributed by atoms with Crippen molar-refractivity contribution in [2.24, 2.45) is 0 Å². The predicted molar refractivity (Wildman–Crippen MR) is 197 cm³/mol. The first kappa shape index (κ1) is 27.2. The fourth-order valence-electron chi connectivity index (χ4n) is 7.09. The Morgan fingerprint density at radius 3 is 1.83 bits per heavy atom. The molecule has 0 unspecified atom stereocenters. The molecule has 8 aromatic rings. The summed E-state index contributed by atoms with van der Waals surface area (Å²) in [5.41, 5.74) is 11.6. The number of hydrogen-bond acceptors (Lipinski definition) is 2. The molecular formula is C45H31NO. The van der Waals surface area contributed by atoms with E-state index in [9.17, 15) is 0 Å². The Labute approximate surface area is 274 Å². The summed E-state index contributed by atoms with van der Waals surface area (Å²) in [7, 11) is 0. The number of ether oxygens (including phenoxy) is 1. The maximum atomic E-state index is 6.32. The zero-order valence-electron chi connectivity index (χ0n) is 25.8. The van der Waals surface area contributed by atoms with E-state index in [0.717, 1.165) is 28.4 Å². The summed E-state index contributed by atoms with van der Waals surface area (Å²) < 4.78 is 6.32. The lowest BCUT2D eigenvalue weighted by Gasteiger charge is -2.31. The van der Waals surface area contributed by atoms with Gasteiger partial charge < -0.3 is 9.64 Å². The third-order valence-electron chi connectivity index (χ3n) is 9.35. The zero-order valence-corrected chi connectivity index (χ0v) is 25.8. The molecule has 222 valence electrons. The monoisotopic (exact) mass is 601 g/mol. The van der Waals surface area contributed by atoms with Gasteiger partial charge in [-0.25, -0.2) is 0 Å². The van der Waals surface area contributed by atoms with Crippen molar-refractivity contribution in [3.63, 3.8) is 0 Å². The lowest BCUT2D eigenvalue weighted by atomic mass is 9.93. The van der Waals surface area contributed by atoms with Crippen LogP contribution in [-0.4, -0.2) is 0 Å². The maximum Gasteiger partial charge on any atom is 0.129 e. The number of fused-ring (bicyclic) bond motifs is 6. The summed E-state index contributed by atoms with van der Waals surface area (Å²) >= 11 is 0. The highest BCUT2D eigenvalue weighted by Gasteiger charge is 2.25. The van der Waals surface area contributed by atoms with Crippen LogP contribution in [0.4, 0.5) is 17.1 Å². The van der Waals surface area contributed by atoms with E-state index < -0.39 is 0 Å². The lowest BCUT2D eigenvalue weighted by molar-refractivity contribution is 0.302. The van der Waals surface area contributed by atoms with Crippen molar-refractivity contribution in [3.05, 3.63) is 181 Å². The molecule has 0 N–H and O–H groups in total. The highest BCUT2D eigenvalue weighted by atomic mass is 16.5. The number of rotatable bonds is 5. The van der Waals surface area contributed by atoms with Crippen molar-refractivity contribution < 1.29 is 4.74 Å². The van der Waals surface area contributed by atoms with Crippen molar-refractivity contribution in [2.75, 3.05) is 4.90 Å². The Balaban J connectivity index is 1.21. The molecule has 0 saturated carbocycles. The first-order valence-corrected chi connectivity index (χ1v) is 16.1. The highest BCUT2D eigenvalue weighted by molar-refractivity contribution is 6.13. The number of benzene rings is 8. The van der Waals surface area contributed by atoms with E-state index in [4.69, 9.17) is 4.74 Å². The topological polar surface area (TPSA) is 12.5 Å². The summed E-state index contributed by atoms with van der Waals surface area (Å²) in [6.07, 6.45) is 0. The molecular weight excluding hydrogens is 571 g/mol. The largest absolute Gasteiger partial charge is 0.488 e. The minimum atomic E-state index is 0.576. The molecule has 0 bridgehead atoms. The van der Waals surface area contributed by atoms with Gasteiger partial charge in [0, 0.05) is 16.9 Å². The molecule has 0 amide bonds. The molecule has 8 aromatic carbocycles. The molecule has 47 heavy (non-hydrogen) atoms. The SMILES string of the molecule is c1ccc(-c2ccc(N(c3ccc(-c4cc5ccccc5c5ccccc45)cc3)c3cccc4c3-c3ccccc3CO4)cc2)cc1. The third-order valence-corrected chi connectivity index (χ3v) is 9.35. The molecule has 0 radical (unpaired) electrons. The zero-order chi connectivity index (χ0) is 31.2. The standard InChI is InChI=1S/C45H31NO/c1-2-11-31(12-3-1)32-21-25-36(26-22-32)46(43-19-10-20-44-45(43)39-16-7-5-14-35(39)30-47-44)37-27-23-33(24-28-37)42-29-34-13-4-6-15-38(34)40-17-8-9-18-41(40)42/h1-29H,30H2. The smallest absolute Gasteiger partial charge is 0.129 e. The van der Waals surface area contributed by atoms with Gasteiger partial charge in [-0.2, -0.15) is 0 Å². The molecule has 1 aliphatic rings. The highest BCUT2D eigenvalue weighted by Crippen LogP contribution is 2.48. The Hall–Kier alpha value is -6.12. The molecule has 0 saturated heterocycles. The van der Waals surface area contributed by atoms with Crippen molar-refractivity contribution in [1.82, 2.24) is 0 Å². The Bertz CT molecular complexity index is 2390. The summed E-state index contributed by atoms with van der Waals surface area (Å²) in [6.45, 7) is 0.576. The van der Waals surface area contributed by atoms with Gasteiger partial charge in [0.15, 0.2) is 0 Å². The van der Waals surface area contributed by atoms with Crippen LogP contribution in [0.15, 0.2) is 176 Å². The molecule has 0 fully saturated rings. The van der Waals surface area contributed by atoms with Gasteiger partial charge in [-0.1, -0.05) is 133 Å². The van der Waals surface area contributed by atoms with E-state index >= 15 is 0 Å². The van der Waals surface area contributed by atoms with Gasteiger partial charge >= 0.3 is 0 Å². The van der Waals surface area contributed by atoms with Crippen molar-refractivity contribution in [3.8, 4) is 39.1 Å². The molecule has 0 spiro atoms. The lowest BCUT2D eigenvalue weighted by Crippen LogP contribution is -2.14. The first-order valence-electron chi connectivity index (χ1n) is 16.1. The molecule has 2 nitrogen and oxygen atoms in total. The van der Waals surface area contributed by atoms with Crippen LogP contribution in [0.5, 0.6) is 5.75 Å². The van der Waals surface area contributed by atoms with E-state index in [1.807, 2.05) is 0 Å². The Morgan fingerprint density at radius 1 is 0.426 bits per heavy atom. The summed E-state index contributed by atoms with van der Waals surface area (Å²) in [6, 6.07) is 63.1. The fraction of sp³-hybridized carbons (Fsp3) is 0.0222. The number of nitrogens with zero attached hydrogens (tertiary/aromatic N) is 1. The van der Waals surface area contributed by atoms with Crippen LogP contribution in [0.1, 0.15) is 5.56 Å². The van der Waals surface area contributed by atoms with Gasteiger partial charge in [-0.05, 0) is 97.4 Å². The van der Waals surface area contributed by atoms with Crippen LogP contribution >= 0.6 is 0 Å². The molecule has 2 heteroatoms. The molecule has 0 aliphatic carbocycles. The minimum absolute atomic E-state index is 0.576. The first-order chi connectivity index (χ1) is 23.3. The summed E-state index contributed by atoms with van der Waals surface area (Å²) in [4.78, 5) is 2.36. The van der Waals surface area contributed by atoms with Crippen LogP contribution < -0.4 is 9.64 Å². The third kappa shape index (κ3) is 4.74. The van der Waals surface area contributed by atoms with Gasteiger partial charge in [0.2, 0.25) is 0 Å². The van der Waals surface area contributed by atoms with Gasteiger partial charge in [0.25, 0.3) is 0 Å². The number of hydrogen-bond donors (Lipinski definition) is 0. The Morgan fingerprint density at radius 2 is 1.04 bits per heavy atom. The van der Waals surface area contributed by atoms with Crippen molar-refractivity contribution >= 4 is 38.6 Å². The van der Waals surface area contributed by atoms with Crippen LogP contribution in [0, 0.1) is 0 Å². The Kier molecular flexibility index (Phi) is 6.57. The van der Waals surface area contributed by atoms with Gasteiger partial charge in [0.05, 0.1) is 5.69 Å². The number of anilines is 3. The van der Waals surface area contributed by atoms with Crippen molar-refractivity contribution in [1.29, 1.82) is 0 Å². The van der Waals surface area contributed by atoms with E-state index in [1.54, 1.807) is 0 Å². The average Bonchev–Trinajstić information content (AvgIpc) is 3.15. The fourth-order valence-corrected chi connectivity index (χ4v) is 7.09.